The molecular formula is C22H26N6O5. The molecule has 1 atom stereocenters. The normalized spacial score (nSPS) is 11.9. The number of unbranched alkanes of at least 4 members (excludes halogenated alkanes) is 1. The first-order valence-electron chi connectivity index (χ1n) is 10.5. The highest BCUT2D eigenvalue weighted by Crippen LogP contribution is 2.24. The number of aliphatic carboxylic acids is 2. The Morgan fingerprint density at radius 1 is 1.03 bits per heavy atom. The van der Waals surface area contributed by atoms with Gasteiger partial charge in [0.25, 0.3) is 5.91 Å². The average molecular weight is 454 g/mol. The van der Waals surface area contributed by atoms with Gasteiger partial charge in [-0.05, 0) is 55.4 Å². The van der Waals surface area contributed by atoms with Gasteiger partial charge >= 0.3 is 11.9 Å². The summed E-state index contributed by atoms with van der Waals surface area (Å²) in [5, 5.41) is 21.0. The monoisotopic (exact) mass is 454 g/mol. The van der Waals surface area contributed by atoms with Crippen molar-refractivity contribution in [3.05, 3.63) is 47.2 Å². The first-order valence-corrected chi connectivity index (χ1v) is 10.5. The van der Waals surface area contributed by atoms with Crippen molar-refractivity contribution in [3.8, 4) is 0 Å². The molecule has 33 heavy (non-hydrogen) atoms. The molecule has 0 bridgehead atoms. The number of hydrogen-bond donors (Lipinski definition) is 6. The maximum atomic E-state index is 12.3. The fraction of sp³-hybridized carbons (Fsp3) is 0.318. The Bertz CT molecular complexity index is 1160. The second-order valence-corrected chi connectivity index (χ2v) is 7.71. The number of carbonyl (C=O) groups is 3. The van der Waals surface area contributed by atoms with Crippen LogP contribution in [0.1, 0.15) is 47.2 Å². The Labute approximate surface area is 189 Å². The van der Waals surface area contributed by atoms with Gasteiger partial charge in [-0.1, -0.05) is 12.1 Å². The minimum Gasteiger partial charge on any atom is -0.481 e. The van der Waals surface area contributed by atoms with E-state index < -0.39 is 23.9 Å². The van der Waals surface area contributed by atoms with Crippen LogP contribution in [0.15, 0.2) is 30.5 Å². The molecule has 1 aromatic carbocycles. The number of hydrogen-bond acceptors (Lipinski definition) is 7. The van der Waals surface area contributed by atoms with E-state index in [0.717, 1.165) is 42.2 Å². The number of carboxylic acids is 2. The predicted molar refractivity (Wildman–Crippen MR) is 122 cm³/mol. The summed E-state index contributed by atoms with van der Waals surface area (Å²) in [6, 6.07) is 5.64. The number of aromatic amines is 1. The molecule has 3 rings (SSSR count). The maximum Gasteiger partial charge on any atom is 0.326 e. The first-order chi connectivity index (χ1) is 15.7. The Morgan fingerprint density at radius 2 is 1.73 bits per heavy atom. The number of nitrogens with two attached hydrogens (primary N) is 2. The molecule has 0 unspecified atom stereocenters. The Kier molecular flexibility index (Phi) is 7.44. The summed E-state index contributed by atoms with van der Waals surface area (Å²) in [7, 11) is 0. The second-order valence-electron chi connectivity index (χ2n) is 7.71. The highest BCUT2D eigenvalue weighted by molar-refractivity contribution is 5.96. The van der Waals surface area contributed by atoms with Gasteiger partial charge < -0.3 is 32.0 Å². The summed E-state index contributed by atoms with van der Waals surface area (Å²) in [4.78, 5) is 45.4. The molecule has 0 radical (unpaired) electrons. The third kappa shape index (κ3) is 6.19. The number of rotatable bonds is 11. The van der Waals surface area contributed by atoms with Crippen molar-refractivity contribution in [2.75, 3.05) is 11.5 Å². The van der Waals surface area contributed by atoms with E-state index >= 15 is 0 Å². The molecule has 0 aliphatic rings. The lowest BCUT2D eigenvalue weighted by atomic mass is 10.0. The number of carboxylic acid groups (broad SMARTS) is 2. The number of nitrogens with zero attached hydrogens (tertiary/aromatic N) is 2. The Hall–Kier alpha value is -4.15. The standard InChI is InChI=1S/C22H26N6O5/c23-18-17-14(11-25-19(17)28-22(24)27-18)4-2-1-3-12-5-7-13(8-6-12)20(31)26-15(21(32)33)9-10-16(29)30/h5-8,11,15H,1-4,9-10H2,(H,26,31)(H,29,30)(H,32,33)(H5,23,24,25,27,28)/t15-/m0/s1. The van der Waals surface area contributed by atoms with E-state index in [1.54, 1.807) is 12.1 Å². The molecule has 1 amide bonds. The third-order valence-electron chi connectivity index (χ3n) is 5.29. The van der Waals surface area contributed by atoms with E-state index in [2.05, 4.69) is 20.3 Å². The molecule has 2 heterocycles. The second kappa shape index (κ2) is 10.4. The maximum absolute atomic E-state index is 12.3. The van der Waals surface area contributed by atoms with Crippen molar-refractivity contribution in [2.45, 2.75) is 44.6 Å². The Morgan fingerprint density at radius 3 is 2.39 bits per heavy atom. The molecule has 0 fully saturated rings. The zero-order valence-electron chi connectivity index (χ0n) is 17.9. The van der Waals surface area contributed by atoms with Crippen LogP contribution in [0.5, 0.6) is 0 Å². The molecular weight excluding hydrogens is 428 g/mol. The zero-order valence-corrected chi connectivity index (χ0v) is 17.9. The van der Waals surface area contributed by atoms with Crippen LogP contribution < -0.4 is 16.8 Å². The molecule has 11 nitrogen and oxygen atoms in total. The van der Waals surface area contributed by atoms with Gasteiger partial charge in [-0.3, -0.25) is 9.59 Å². The molecule has 0 aliphatic heterocycles. The van der Waals surface area contributed by atoms with Crippen molar-refractivity contribution in [3.63, 3.8) is 0 Å². The molecule has 8 N–H and O–H groups in total. The van der Waals surface area contributed by atoms with Crippen molar-refractivity contribution >= 4 is 40.6 Å². The van der Waals surface area contributed by atoms with E-state index in [1.807, 2.05) is 18.3 Å². The number of benzene rings is 1. The number of anilines is 2. The van der Waals surface area contributed by atoms with Crippen molar-refractivity contribution < 1.29 is 24.6 Å². The highest BCUT2D eigenvalue weighted by atomic mass is 16.4. The zero-order chi connectivity index (χ0) is 24.0. The summed E-state index contributed by atoms with van der Waals surface area (Å²) < 4.78 is 0. The number of aromatic nitrogens is 3. The van der Waals surface area contributed by atoms with E-state index in [9.17, 15) is 19.5 Å². The number of carbonyl (C=O) groups excluding carboxylic acids is 1. The minimum atomic E-state index is -1.27. The average Bonchev–Trinajstić information content (AvgIpc) is 3.17. The van der Waals surface area contributed by atoms with Gasteiger partial charge in [-0.2, -0.15) is 9.97 Å². The van der Waals surface area contributed by atoms with Crippen LogP contribution in [0, 0.1) is 0 Å². The van der Waals surface area contributed by atoms with Crippen LogP contribution in [-0.2, 0) is 22.4 Å². The lowest BCUT2D eigenvalue weighted by Crippen LogP contribution is -2.41. The predicted octanol–water partition coefficient (Wildman–Crippen LogP) is 1.74. The molecule has 2 aromatic heterocycles. The van der Waals surface area contributed by atoms with Crippen LogP contribution in [-0.4, -0.2) is 49.1 Å². The smallest absolute Gasteiger partial charge is 0.326 e. The quantitative estimate of drug-likeness (QED) is 0.234. The summed E-state index contributed by atoms with van der Waals surface area (Å²) >= 11 is 0. The van der Waals surface area contributed by atoms with Crippen LogP contribution in [0.3, 0.4) is 0 Å². The number of amides is 1. The molecule has 3 aromatic rings. The van der Waals surface area contributed by atoms with Crippen LogP contribution in [0.2, 0.25) is 0 Å². The fourth-order valence-electron chi connectivity index (χ4n) is 3.58. The lowest BCUT2D eigenvalue weighted by molar-refractivity contribution is -0.140. The summed E-state index contributed by atoms with van der Waals surface area (Å²) in [5.41, 5.74) is 14.6. The number of H-pyrrole nitrogens is 1. The number of nitrogen functional groups attached to an aromatic ring is 2. The molecule has 0 saturated carbocycles. The molecule has 0 saturated heterocycles. The summed E-state index contributed by atoms with van der Waals surface area (Å²) in [6.07, 6.45) is 4.75. The van der Waals surface area contributed by atoms with Gasteiger partial charge in [0.2, 0.25) is 5.95 Å². The van der Waals surface area contributed by atoms with Gasteiger partial charge in [-0.25, -0.2) is 4.79 Å². The van der Waals surface area contributed by atoms with E-state index in [-0.39, 0.29) is 18.8 Å². The molecule has 174 valence electrons. The summed E-state index contributed by atoms with van der Waals surface area (Å²) in [5.74, 6) is -2.46. The van der Waals surface area contributed by atoms with Crippen LogP contribution in [0.4, 0.5) is 11.8 Å². The van der Waals surface area contributed by atoms with E-state index in [1.165, 1.54) is 0 Å². The van der Waals surface area contributed by atoms with Gasteiger partial charge in [0, 0.05) is 18.2 Å². The Balaban J connectivity index is 1.50. The number of fused-ring (bicyclic) bond motifs is 1. The van der Waals surface area contributed by atoms with E-state index in [4.69, 9.17) is 16.6 Å². The van der Waals surface area contributed by atoms with Crippen molar-refractivity contribution in [1.82, 2.24) is 20.3 Å². The largest absolute Gasteiger partial charge is 0.481 e. The van der Waals surface area contributed by atoms with Gasteiger partial charge in [0.15, 0.2) is 0 Å². The number of aryl methyl sites for hydroxylation is 2. The molecule has 0 aliphatic carbocycles. The van der Waals surface area contributed by atoms with Crippen LogP contribution >= 0.6 is 0 Å². The molecule has 0 spiro atoms. The summed E-state index contributed by atoms with van der Waals surface area (Å²) in [6.45, 7) is 0. The SMILES string of the molecule is Nc1nc(N)c2c(CCCCc3ccc(C(=O)N[C@@H](CCC(=O)O)C(=O)O)cc3)c[nH]c2n1. The van der Waals surface area contributed by atoms with Crippen LogP contribution in [0.25, 0.3) is 11.0 Å². The highest BCUT2D eigenvalue weighted by Gasteiger charge is 2.21. The van der Waals surface area contributed by atoms with Crippen molar-refractivity contribution in [1.29, 1.82) is 0 Å². The first kappa shape index (κ1) is 23.5. The third-order valence-corrected chi connectivity index (χ3v) is 5.29. The number of nitrogens with one attached hydrogen (secondary N) is 2. The fourth-order valence-corrected chi connectivity index (χ4v) is 3.58. The minimum absolute atomic E-state index is 0.129. The van der Waals surface area contributed by atoms with E-state index in [0.29, 0.717) is 17.0 Å². The molecule has 11 heteroatoms. The van der Waals surface area contributed by atoms with Crippen molar-refractivity contribution in [2.24, 2.45) is 0 Å². The van der Waals surface area contributed by atoms with Gasteiger partial charge in [0.1, 0.15) is 17.5 Å². The topological polar surface area (TPSA) is 197 Å². The van der Waals surface area contributed by atoms with Gasteiger partial charge in [0.05, 0.1) is 5.39 Å². The lowest BCUT2D eigenvalue weighted by Gasteiger charge is -2.13. The van der Waals surface area contributed by atoms with Gasteiger partial charge in [-0.15, -0.1) is 0 Å².